The number of benzene rings is 2. The first-order valence-corrected chi connectivity index (χ1v) is 14.1. The van der Waals surface area contributed by atoms with Crippen LogP contribution < -0.4 is 14.4 Å². The zero-order valence-electron chi connectivity index (χ0n) is 22.2. The first-order chi connectivity index (χ1) is 18.6. The molecule has 1 N–H and O–H groups in total. The molecule has 0 atom stereocenters. The Morgan fingerprint density at radius 2 is 2.00 bits per heavy atom. The number of aromatic nitrogens is 2. The van der Waals surface area contributed by atoms with Crippen molar-refractivity contribution in [2.45, 2.75) is 26.8 Å². The molecular weight excluding hydrogens is 517 g/mol. The van der Waals surface area contributed by atoms with E-state index in [9.17, 15) is 17.4 Å². The van der Waals surface area contributed by atoms with Crippen LogP contribution in [-0.4, -0.2) is 29.8 Å². The molecule has 0 unspecified atom stereocenters. The highest BCUT2D eigenvalue weighted by atomic mass is 32.2. The third-order valence-electron chi connectivity index (χ3n) is 6.65. The van der Waals surface area contributed by atoms with Gasteiger partial charge in [0.1, 0.15) is 11.6 Å². The van der Waals surface area contributed by atoms with Crippen LogP contribution in [0.3, 0.4) is 0 Å². The summed E-state index contributed by atoms with van der Waals surface area (Å²) in [5.74, 6) is 1.02. The minimum absolute atomic E-state index is 0.220. The van der Waals surface area contributed by atoms with E-state index in [-0.39, 0.29) is 18.0 Å². The number of fused-ring (bicyclic) bond motifs is 2. The average molecular weight is 549 g/mol. The molecule has 0 saturated heterocycles. The van der Waals surface area contributed by atoms with Crippen LogP contribution in [0.2, 0.25) is 0 Å². The molecule has 0 amide bonds. The maximum Gasteiger partial charge on any atom is 0.282 e. The van der Waals surface area contributed by atoms with Crippen molar-refractivity contribution in [2.24, 2.45) is 7.05 Å². The van der Waals surface area contributed by atoms with Crippen molar-refractivity contribution in [3.05, 3.63) is 102 Å². The van der Waals surface area contributed by atoms with Crippen LogP contribution in [0.1, 0.15) is 26.1 Å². The molecule has 10 heteroatoms. The molecule has 0 saturated carbocycles. The van der Waals surface area contributed by atoms with Crippen LogP contribution in [0, 0.1) is 12.4 Å². The number of rotatable bonds is 9. The quantitative estimate of drug-likeness (QED) is 0.160. The van der Waals surface area contributed by atoms with Crippen molar-refractivity contribution in [1.29, 1.82) is 0 Å². The summed E-state index contributed by atoms with van der Waals surface area (Å²) >= 11 is 0. The van der Waals surface area contributed by atoms with Gasteiger partial charge in [0.2, 0.25) is 0 Å². The van der Waals surface area contributed by atoms with E-state index in [2.05, 4.69) is 11.4 Å². The Hall–Kier alpha value is -4.20. The Balaban J connectivity index is 1.69. The van der Waals surface area contributed by atoms with Gasteiger partial charge in [0.05, 0.1) is 37.3 Å². The Morgan fingerprint density at radius 1 is 1.23 bits per heavy atom. The lowest BCUT2D eigenvalue weighted by Gasteiger charge is -2.21. The van der Waals surface area contributed by atoms with Gasteiger partial charge in [-0.15, -0.1) is 0 Å². The second-order valence-corrected chi connectivity index (χ2v) is 10.8. The molecule has 2 heterocycles. The van der Waals surface area contributed by atoms with Gasteiger partial charge in [-0.3, -0.25) is 4.55 Å². The third-order valence-corrected chi connectivity index (χ3v) is 7.45. The lowest BCUT2D eigenvalue weighted by Crippen LogP contribution is -2.31. The smallest absolute Gasteiger partial charge is 0.282 e. The second kappa shape index (κ2) is 11.3. The summed E-state index contributed by atoms with van der Waals surface area (Å²) in [5, 5.41) is 0. The van der Waals surface area contributed by atoms with E-state index in [0.717, 1.165) is 39.6 Å². The molecule has 0 bridgehead atoms. The molecule has 3 aromatic rings. The Kier molecular flexibility index (Phi) is 8.04. The van der Waals surface area contributed by atoms with Crippen LogP contribution >= 0.6 is 0 Å². The van der Waals surface area contributed by atoms with Crippen molar-refractivity contribution < 1.29 is 21.9 Å². The molecule has 1 aromatic heterocycles. The minimum atomic E-state index is -4.08. The van der Waals surface area contributed by atoms with Gasteiger partial charge < -0.3 is 9.80 Å². The molecule has 1 aliphatic heterocycles. The maximum absolute atomic E-state index is 14.0. The second-order valence-electron chi connectivity index (χ2n) is 9.19. The van der Waals surface area contributed by atoms with E-state index in [1.165, 1.54) is 12.1 Å². The van der Waals surface area contributed by atoms with E-state index in [4.69, 9.17) is 6.57 Å². The van der Waals surface area contributed by atoms with Gasteiger partial charge in [0.15, 0.2) is 16.7 Å². The van der Waals surface area contributed by atoms with Crippen molar-refractivity contribution in [1.82, 2.24) is 4.57 Å². The number of halogens is 1. The fourth-order valence-electron chi connectivity index (χ4n) is 4.81. The fraction of sp³-hybridized carbons (Fsp3) is 0.241. The number of hydrogen-bond acceptors (Lipinski definition) is 4. The largest absolute Gasteiger partial charge is 0.326 e. The van der Waals surface area contributed by atoms with Gasteiger partial charge in [-0.25, -0.2) is 18.4 Å². The average Bonchev–Trinajstić information content (AvgIpc) is 3.34. The van der Waals surface area contributed by atoms with Crippen molar-refractivity contribution >= 4 is 44.3 Å². The lowest BCUT2D eigenvalue weighted by atomic mass is 10.2. The number of nitrogens with zero attached hydrogens (tertiary/aromatic N) is 5. The topological polar surface area (TPSA) is 74.0 Å². The zero-order chi connectivity index (χ0) is 28.3. The predicted molar refractivity (Wildman–Crippen MR) is 153 cm³/mol. The fourth-order valence-corrected chi connectivity index (χ4v) is 5.30. The summed E-state index contributed by atoms with van der Waals surface area (Å²) in [6.45, 7) is 16.3. The van der Waals surface area contributed by atoms with Crippen LogP contribution in [0.15, 0.2) is 78.8 Å². The van der Waals surface area contributed by atoms with Gasteiger partial charge in [0.25, 0.3) is 15.9 Å². The summed E-state index contributed by atoms with van der Waals surface area (Å²) in [7, 11) is -2.17. The van der Waals surface area contributed by atoms with E-state index in [1.807, 2.05) is 70.2 Å². The van der Waals surface area contributed by atoms with Crippen molar-refractivity contribution in [2.75, 3.05) is 22.1 Å². The highest BCUT2D eigenvalue weighted by Gasteiger charge is 2.29. The molecule has 0 fully saturated rings. The zero-order valence-corrected chi connectivity index (χ0v) is 23.0. The summed E-state index contributed by atoms with van der Waals surface area (Å²) < 4.78 is 49.7. The first kappa shape index (κ1) is 27.8. The number of hydrogen-bond donors (Lipinski definition) is 1. The first-order valence-electron chi connectivity index (χ1n) is 12.5. The molecule has 39 heavy (non-hydrogen) atoms. The van der Waals surface area contributed by atoms with Gasteiger partial charge in [-0.05, 0) is 50.3 Å². The SMILES string of the molecule is [C-]#[N+]c1ccc2c(c1)n(CCCS(=O)(=O)O)c(/C=C/C(C)=C/C=C1\N(C=C)c3ccc(F)cc3N1CC)[n+]2C. The van der Waals surface area contributed by atoms with Crippen molar-refractivity contribution in [3.8, 4) is 0 Å². The van der Waals surface area contributed by atoms with Crippen molar-refractivity contribution in [3.63, 3.8) is 0 Å². The minimum Gasteiger partial charge on any atom is -0.326 e. The highest BCUT2D eigenvalue weighted by molar-refractivity contribution is 7.85. The molecule has 2 aromatic carbocycles. The van der Waals surface area contributed by atoms with Gasteiger partial charge in [-0.1, -0.05) is 30.4 Å². The van der Waals surface area contributed by atoms with Crippen LogP contribution in [-0.2, 0) is 23.7 Å². The monoisotopic (exact) mass is 548 g/mol. The molecule has 202 valence electrons. The Bertz CT molecular complexity index is 1680. The van der Waals surface area contributed by atoms with Crippen LogP contribution in [0.4, 0.5) is 21.5 Å². The summed E-state index contributed by atoms with van der Waals surface area (Å²) in [5.41, 5.74) is 4.78. The predicted octanol–water partition coefficient (Wildman–Crippen LogP) is 5.72. The van der Waals surface area contributed by atoms with Gasteiger partial charge >= 0.3 is 0 Å². The summed E-state index contributed by atoms with van der Waals surface area (Å²) in [4.78, 5) is 7.47. The highest BCUT2D eigenvalue weighted by Crippen LogP contribution is 2.42. The van der Waals surface area contributed by atoms with E-state index >= 15 is 0 Å². The number of aryl methyl sites for hydroxylation is 2. The summed E-state index contributed by atoms with van der Waals surface area (Å²) in [6.07, 6.45) is 9.76. The molecule has 0 spiro atoms. The lowest BCUT2D eigenvalue weighted by molar-refractivity contribution is -0.647. The number of anilines is 2. The number of imidazole rings is 1. The third kappa shape index (κ3) is 5.79. The van der Waals surface area contributed by atoms with E-state index in [1.54, 1.807) is 24.4 Å². The molecule has 4 rings (SSSR count). The standard InChI is InChI=1S/C29H30FN5O3S/c1-6-33-25-13-11-22(30)19-26(25)34(7-2)29(33)16-10-21(3)9-15-28-32(5)24-14-12-23(31-4)20-27(24)35(28)17-8-18-39(36,37)38/h6,9-16,19-20H,1,7-8,17-18H2,2-3,5H3/p+1. The van der Waals surface area contributed by atoms with E-state index < -0.39 is 10.1 Å². The van der Waals surface area contributed by atoms with E-state index in [0.29, 0.717) is 18.8 Å². The van der Waals surface area contributed by atoms with Crippen LogP contribution in [0.5, 0.6) is 0 Å². The molecule has 0 aliphatic carbocycles. The normalized spacial score (nSPS) is 15.0. The Labute approximate surface area is 228 Å². The Morgan fingerprint density at radius 3 is 2.67 bits per heavy atom. The summed E-state index contributed by atoms with van der Waals surface area (Å²) in [6, 6.07) is 10.1. The molecule has 8 nitrogen and oxygen atoms in total. The molecule has 1 aliphatic rings. The maximum atomic E-state index is 14.0. The van der Waals surface area contributed by atoms with Gasteiger partial charge in [0, 0.05) is 25.2 Å². The molecule has 0 radical (unpaired) electrons. The molecular formula is C29H31FN5O3S+. The van der Waals surface area contributed by atoms with Crippen LogP contribution in [0.25, 0.3) is 22.0 Å². The van der Waals surface area contributed by atoms with Gasteiger partial charge in [-0.2, -0.15) is 8.42 Å². The number of allylic oxidation sites excluding steroid dienone is 4.